The van der Waals surface area contributed by atoms with E-state index in [-0.39, 0.29) is 0 Å². The molecule has 4 heterocycles. The molecule has 3 N–H and O–H groups in total. The number of H-pyrrole nitrogens is 1. The molecule has 0 saturated carbocycles. The van der Waals surface area contributed by atoms with Gasteiger partial charge in [-0.05, 0) is 54.3 Å². The molecule has 146 valence electrons. The molecule has 6 rings (SSSR count). The SMILES string of the molecule is Cc1ccc2nc(Nc3nc(Nc4ccc5[nH]ncc5c4)c4sccc4n3)sc2c1. The highest BCUT2D eigenvalue weighted by Crippen LogP contribution is 2.33. The van der Waals surface area contributed by atoms with Gasteiger partial charge < -0.3 is 5.32 Å². The van der Waals surface area contributed by atoms with E-state index in [0.29, 0.717) is 5.95 Å². The van der Waals surface area contributed by atoms with Crippen LogP contribution in [0.1, 0.15) is 5.56 Å². The van der Waals surface area contributed by atoms with Crippen LogP contribution in [0.2, 0.25) is 0 Å². The number of hydrogen-bond donors (Lipinski definition) is 3. The number of aryl methyl sites for hydroxylation is 1. The molecule has 4 aromatic heterocycles. The quantitative estimate of drug-likeness (QED) is 0.320. The molecule has 0 spiro atoms. The van der Waals surface area contributed by atoms with Crippen LogP contribution in [0.25, 0.3) is 31.3 Å². The minimum absolute atomic E-state index is 0.517. The number of rotatable bonds is 4. The molecule has 0 saturated heterocycles. The average Bonchev–Trinajstić information content (AvgIpc) is 3.46. The van der Waals surface area contributed by atoms with Gasteiger partial charge in [0.25, 0.3) is 0 Å². The van der Waals surface area contributed by atoms with E-state index in [4.69, 9.17) is 4.98 Å². The number of nitrogens with zero attached hydrogens (tertiary/aromatic N) is 4. The highest BCUT2D eigenvalue weighted by Gasteiger charge is 2.12. The second-order valence-corrected chi connectivity index (χ2v) is 8.89. The number of benzene rings is 2. The fourth-order valence-corrected chi connectivity index (χ4v) is 5.08. The Hall–Kier alpha value is -3.56. The molecule has 0 fully saturated rings. The number of fused-ring (bicyclic) bond motifs is 3. The van der Waals surface area contributed by atoms with E-state index in [2.05, 4.69) is 49.9 Å². The number of hydrogen-bond acceptors (Lipinski definition) is 8. The third kappa shape index (κ3) is 3.04. The van der Waals surface area contributed by atoms with Crippen molar-refractivity contribution in [3.8, 4) is 0 Å². The average molecular weight is 430 g/mol. The molecule has 0 atom stereocenters. The molecule has 0 aliphatic rings. The topological polar surface area (TPSA) is 91.4 Å². The van der Waals surface area contributed by atoms with Crippen molar-refractivity contribution in [1.29, 1.82) is 0 Å². The van der Waals surface area contributed by atoms with Gasteiger partial charge in [0, 0.05) is 11.1 Å². The van der Waals surface area contributed by atoms with Gasteiger partial charge in [-0.15, -0.1) is 11.3 Å². The van der Waals surface area contributed by atoms with Crippen molar-refractivity contribution in [1.82, 2.24) is 25.1 Å². The van der Waals surface area contributed by atoms with Crippen LogP contribution >= 0.6 is 22.7 Å². The van der Waals surface area contributed by atoms with Gasteiger partial charge >= 0.3 is 0 Å². The Morgan fingerprint density at radius 1 is 0.933 bits per heavy atom. The molecule has 0 radical (unpaired) electrons. The second kappa shape index (κ2) is 6.75. The monoisotopic (exact) mass is 429 g/mol. The third-order valence-corrected chi connectivity index (χ3v) is 6.61. The van der Waals surface area contributed by atoms with Crippen molar-refractivity contribution in [2.45, 2.75) is 6.92 Å². The van der Waals surface area contributed by atoms with E-state index in [1.54, 1.807) is 22.7 Å². The van der Waals surface area contributed by atoms with Gasteiger partial charge in [-0.3, -0.25) is 10.4 Å². The lowest BCUT2D eigenvalue weighted by atomic mass is 10.2. The van der Waals surface area contributed by atoms with E-state index < -0.39 is 0 Å². The van der Waals surface area contributed by atoms with Crippen molar-refractivity contribution in [3.05, 3.63) is 59.6 Å². The Kier molecular flexibility index (Phi) is 3.90. The molecule has 0 aliphatic heterocycles. The summed E-state index contributed by atoms with van der Waals surface area (Å²) in [5.41, 5.74) is 5.02. The van der Waals surface area contributed by atoms with Crippen molar-refractivity contribution in [3.63, 3.8) is 0 Å². The van der Waals surface area contributed by atoms with Gasteiger partial charge in [-0.1, -0.05) is 17.4 Å². The first-order chi connectivity index (χ1) is 14.7. The molecular formula is C21H15N7S2. The number of nitrogens with one attached hydrogen (secondary N) is 3. The van der Waals surface area contributed by atoms with Gasteiger partial charge in [0.15, 0.2) is 10.9 Å². The first-order valence-corrected chi connectivity index (χ1v) is 11.0. The molecule has 0 bridgehead atoms. The molecular weight excluding hydrogens is 414 g/mol. The minimum atomic E-state index is 0.517. The zero-order valence-corrected chi connectivity index (χ0v) is 17.4. The van der Waals surface area contributed by atoms with Crippen LogP contribution in [-0.4, -0.2) is 25.1 Å². The lowest BCUT2D eigenvalue weighted by molar-refractivity contribution is 1.12. The van der Waals surface area contributed by atoms with Crippen molar-refractivity contribution in [2.75, 3.05) is 10.6 Å². The van der Waals surface area contributed by atoms with Crippen LogP contribution in [0.5, 0.6) is 0 Å². The second-order valence-electron chi connectivity index (χ2n) is 6.94. The van der Waals surface area contributed by atoms with Gasteiger partial charge in [-0.25, -0.2) is 9.97 Å². The van der Waals surface area contributed by atoms with Crippen molar-refractivity contribution < 1.29 is 0 Å². The summed E-state index contributed by atoms with van der Waals surface area (Å²) in [6, 6.07) is 14.3. The minimum Gasteiger partial charge on any atom is -0.339 e. The summed E-state index contributed by atoms with van der Waals surface area (Å²) >= 11 is 3.21. The third-order valence-electron chi connectivity index (χ3n) is 4.77. The van der Waals surface area contributed by atoms with Crippen LogP contribution in [0.4, 0.5) is 22.6 Å². The number of aromatic nitrogens is 5. The number of anilines is 4. The zero-order valence-electron chi connectivity index (χ0n) is 15.8. The van der Waals surface area contributed by atoms with Crippen molar-refractivity contribution in [2.24, 2.45) is 0 Å². The Balaban J connectivity index is 1.37. The molecule has 0 amide bonds. The van der Waals surface area contributed by atoms with E-state index >= 15 is 0 Å². The lowest BCUT2D eigenvalue weighted by Crippen LogP contribution is -2.01. The Bertz CT molecular complexity index is 1530. The summed E-state index contributed by atoms with van der Waals surface area (Å²) in [5, 5.41) is 17.6. The standard InChI is InChI=1S/C21H15N7S2/c1-11-2-4-15-17(8-11)30-21(25-15)27-20-24-16-6-7-29-18(16)19(26-20)23-13-3-5-14-12(9-13)10-22-28-14/h2-10H,1H3,(H,22,28)(H2,23,24,25,26,27). The number of thiazole rings is 1. The Morgan fingerprint density at radius 2 is 1.90 bits per heavy atom. The number of aromatic amines is 1. The molecule has 7 nitrogen and oxygen atoms in total. The maximum atomic E-state index is 4.74. The summed E-state index contributed by atoms with van der Waals surface area (Å²) in [4.78, 5) is 14.1. The summed E-state index contributed by atoms with van der Waals surface area (Å²) in [5.74, 6) is 1.28. The first kappa shape index (κ1) is 17.3. The molecule has 0 aliphatic carbocycles. The van der Waals surface area contributed by atoms with Gasteiger partial charge in [0.05, 0.1) is 32.1 Å². The highest BCUT2D eigenvalue weighted by molar-refractivity contribution is 7.22. The molecule has 6 aromatic rings. The summed E-state index contributed by atoms with van der Waals surface area (Å²) < 4.78 is 2.15. The zero-order chi connectivity index (χ0) is 20.1. The lowest BCUT2D eigenvalue weighted by Gasteiger charge is -2.09. The smallest absolute Gasteiger partial charge is 0.231 e. The molecule has 9 heteroatoms. The summed E-state index contributed by atoms with van der Waals surface area (Å²) in [7, 11) is 0. The normalized spacial score (nSPS) is 11.5. The fraction of sp³-hybridized carbons (Fsp3) is 0.0476. The Morgan fingerprint density at radius 3 is 2.87 bits per heavy atom. The Labute approximate surface area is 178 Å². The first-order valence-electron chi connectivity index (χ1n) is 9.31. The van der Waals surface area contributed by atoms with Crippen LogP contribution < -0.4 is 10.6 Å². The molecule has 30 heavy (non-hydrogen) atoms. The maximum absolute atomic E-state index is 4.74. The van der Waals surface area contributed by atoms with Gasteiger partial charge in [-0.2, -0.15) is 10.1 Å². The molecule has 2 aromatic carbocycles. The van der Waals surface area contributed by atoms with Crippen LogP contribution in [0.15, 0.2) is 54.0 Å². The van der Waals surface area contributed by atoms with E-state index in [9.17, 15) is 0 Å². The molecule has 0 unspecified atom stereocenters. The van der Waals surface area contributed by atoms with Crippen molar-refractivity contribution >= 4 is 76.6 Å². The van der Waals surface area contributed by atoms with Gasteiger partial charge in [0.2, 0.25) is 5.95 Å². The van der Waals surface area contributed by atoms with E-state index in [0.717, 1.165) is 48.0 Å². The van der Waals surface area contributed by atoms with E-state index in [1.165, 1.54) is 5.56 Å². The maximum Gasteiger partial charge on any atom is 0.231 e. The van der Waals surface area contributed by atoms with Crippen LogP contribution in [0, 0.1) is 6.92 Å². The predicted octanol–water partition coefficient (Wildman–Crippen LogP) is 5.97. The fourth-order valence-electron chi connectivity index (χ4n) is 3.34. The van der Waals surface area contributed by atoms with Crippen LogP contribution in [0.3, 0.4) is 0 Å². The predicted molar refractivity (Wildman–Crippen MR) is 124 cm³/mol. The number of thiophene rings is 1. The van der Waals surface area contributed by atoms with Crippen LogP contribution in [-0.2, 0) is 0 Å². The van der Waals surface area contributed by atoms with E-state index in [1.807, 2.05) is 41.9 Å². The largest absolute Gasteiger partial charge is 0.339 e. The summed E-state index contributed by atoms with van der Waals surface area (Å²) in [6.45, 7) is 2.08. The highest BCUT2D eigenvalue weighted by atomic mass is 32.1. The summed E-state index contributed by atoms with van der Waals surface area (Å²) in [6.07, 6.45) is 1.81. The van der Waals surface area contributed by atoms with Gasteiger partial charge in [0.1, 0.15) is 0 Å².